The van der Waals surface area contributed by atoms with Crippen LogP contribution in [0.25, 0.3) is 6.08 Å². The van der Waals surface area contributed by atoms with E-state index in [0.717, 1.165) is 34.7 Å². The fourth-order valence-corrected chi connectivity index (χ4v) is 5.28. The summed E-state index contributed by atoms with van der Waals surface area (Å²) in [7, 11) is -1.03. The lowest BCUT2D eigenvalue weighted by Crippen LogP contribution is -2.42. The van der Waals surface area contributed by atoms with Crippen molar-refractivity contribution in [2.45, 2.75) is 44.3 Å². The van der Waals surface area contributed by atoms with E-state index in [4.69, 9.17) is 5.73 Å². The van der Waals surface area contributed by atoms with Gasteiger partial charge in [0.15, 0.2) is 5.01 Å². The average Bonchev–Trinajstić information content (AvgIpc) is 3.20. The van der Waals surface area contributed by atoms with E-state index in [1.165, 1.54) is 11.3 Å². The number of nitrogens with two attached hydrogens (primary N) is 1. The van der Waals surface area contributed by atoms with Crippen LogP contribution in [0.4, 0.5) is 0 Å². The van der Waals surface area contributed by atoms with E-state index in [9.17, 15) is 9.00 Å². The van der Waals surface area contributed by atoms with Gasteiger partial charge in [0.2, 0.25) is 5.96 Å². The SMILES string of the molecule is C[S@@](=O)C1=CC(NC2=NCc3sc(C(=O)N4CCC(N)CC4)nc3/C=C\CC=N2)CC=C1. The maximum absolute atomic E-state index is 12.9. The van der Waals surface area contributed by atoms with Gasteiger partial charge in [-0.2, -0.15) is 0 Å². The Kier molecular flexibility index (Phi) is 7.44. The Morgan fingerprint density at radius 3 is 2.88 bits per heavy atom. The summed E-state index contributed by atoms with van der Waals surface area (Å²) in [6.07, 6.45) is 16.3. The fourth-order valence-electron chi connectivity index (χ4n) is 3.70. The number of aromatic nitrogens is 1. The van der Waals surface area contributed by atoms with Gasteiger partial charge in [0.25, 0.3) is 5.91 Å². The summed E-state index contributed by atoms with van der Waals surface area (Å²) >= 11 is 1.39. The van der Waals surface area contributed by atoms with Crippen LogP contribution in [0, 0.1) is 0 Å². The Bertz CT molecular complexity index is 1030. The van der Waals surface area contributed by atoms with E-state index in [-0.39, 0.29) is 18.0 Å². The van der Waals surface area contributed by atoms with Crippen LogP contribution in [0.5, 0.6) is 0 Å². The zero-order valence-electron chi connectivity index (χ0n) is 18.1. The second kappa shape index (κ2) is 10.5. The van der Waals surface area contributed by atoms with Gasteiger partial charge in [0.05, 0.1) is 23.2 Å². The summed E-state index contributed by atoms with van der Waals surface area (Å²) in [6, 6.07) is 0.158. The fraction of sp³-hybridized carbons (Fsp3) is 0.455. The van der Waals surface area contributed by atoms with Gasteiger partial charge < -0.3 is 16.0 Å². The number of rotatable bonds is 3. The number of aliphatic imine (C=N–C) groups is 2. The van der Waals surface area contributed by atoms with E-state index in [0.29, 0.717) is 37.0 Å². The number of allylic oxidation sites excluding steroid dienone is 2. The molecule has 3 aliphatic rings. The maximum Gasteiger partial charge on any atom is 0.282 e. The first-order valence-electron chi connectivity index (χ1n) is 10.8. The van der Waals surface area contributed by atoms with E-state index in [1.54, 1.807) is 12.5 Å². The molecular weight excluding hydrogens is 444 g/mol. The Balaban J connectivity index is 1.50. The standard InChI is InChI=1S/C22H28N6O2S2/c1-32(30)17-6-4-5-16(13-17)26-22-24-10-3-2-7-18-19(14-25-22)31-20(27-18)21(29)28-11-8-15(23)9-12-28/h2,4,6-7,10,13,15-16H,3,5,8-9,11-12,14,23H2,1H3,(H,25,26)/b7-2-,24-10?/t16?,32-/m1/s1. The quantitative estimate of drug-likeness (QED) is 0.700. The summed E-state index contributed by atoms with van der Waals surface area (Å²) in [5.41, 5.74) is 6.75. The number of amides is 1. The molecule has 0 radical (unpaired) electrons. The van der Waals surface area contributed by atoms with Crippen LogP contribution in [-0.2, 0) is 17.3 Å². The van der Waals surface area contributed by atoms with Crippen LogP contribution in [0.2, 0.25) is 0 Å². The number of nitrogens with zero attached hydrogens (tertiary/aromatic N) is 4. The number of hydrogen-bond acceptors (Lipinski definition) is 8. The zero-order chi connectivity index (χ0) is 22.5. The third-order valence-corrected chi connectivity index (χ3v) is 7.50. The second-order valence-electron chi connectivity index (χ2n) is 7.96. The molecule has 0 aromatic carbocycles. The summed E-state index contributed by atoms with van der Waals surface area (Å²) in [4.78, 5) is 30.3. The van der Waals surface area contributed by atoms with Gasteiger partial charge in [-0.05, 0) is 31.4 Å². The average molecular weight is 473 g/mol. The molecule has 1 fully saturated rings. The number of fused-ring (bicyclic) bond motifs is 1. The molecule has 0 spiro atoms. The van der Waals surface area contributed by atoms with E-state index >= 15 is 0 Å². The van der Waals surface area contributed by atoms with Gasteiger partial charge in [-0.1, -0.05) is 18.2 Å². The molecular formula is C22H28N6O2S2. The summed E-state index contributed by atoms with van der Waals surface area (Å²) in [6.45, 7) is 1.73. The number of piperidine rings is 1. The predicted octanol–water partition coefficient (Wildman–Crippen LogP) is 2.23. The highest BCUT2D eigenvalue weighted by Gasteiger charge is 2.25. The number of carbonyl (C=O) groups is 1. The van der Waals surface area contributed by atoms with Crippen molar-refractivity contribution in [1.82, 2.24) is 15.2 Å². The van der Waals surface area contributed by atoms with Gasteiger partial charge in [0, 0.05) is 53.7 Å². The summed E-state index contributed by atoms with van der Waals surface area (Å²) in [5.74, 6) is 0.491. The molecule has 0 saturated carbocycles. The van der Waals surface area contributed by atoms with Gasteiger partial charge >= 0.3 is 0 Å². The highest BCUT2D eigenvalue weighted by atomic mass is 32.2. The minimum Gasteiger partial charge on any atom is -0.348 e. The Morgan fingerprint density at radius 2 is 2.09 bits per heavy atom. The molecule has 1 aromatic heterocycles. The summed E-state index contributed by atoms with van der Waals surface area (Å²) < 4.78 is 11.8. The lowest BCUT2D eigenvalue weighted by Gasteiger charge is -2.29. The second-order valence-corrected chi connectivity index (χ2v) is 10.4. The molecule has 1 aliphatic carbocycles. The van der Waals surface area contributed by atoms with Gasteiger partial charge in [-0.3, -0.25) is 9.00 Å². The summed E-state index contributed by atoms with van der Waals surface area (Å²) in [5, 5.41) is 3.83. The molecule has 170 valence electrons. The molecule has 0 bridgehead atoms. The van der Waals surface area contributed by atoms with Crippen molar-refractivity contribution in [2.75, 3.05) is 19.3 Å². The van der Waals surface area contributed by atoms with Crippen molar-refractivity contribution in [3.05, 3.63) is 44.8 Å². The number of likely N-dealkylation sites (tertiary alicyclic amines) is 1. The molecule has 1 amide bonds. The van der Waals surface area contributed by atoms with Gasteiger partial charge in [0.1, 0.15) is 0 Å². The maximum atomic E-state index is 12.9. The number of hydrogen-bond donors (Lipinski definition) is 2. The van der Waals surface area contributed by atoms with Crippen LogP contribution in [0.1, 0.15) is 46.1 Å². The Labute approximate surface area is 194 Å². The smallest absolute Gasteiger partial charge is 0.282 e. The van der Waals surface area contributed by atoms with E-state index in [2.05, 4.69) is 20.3 Å². The minimum atomic E-state index is -1.03. The van der Waals surface area contributed by atoms with E-state index < -0.39 is 10.8 Å². The Hall–Kier alpha value is -2.43. The molecule has 2 aliphatic heterocycles. The topological polar surface area (TPSA) is 113 Å². The minimum absolute atomic E-state index is 0.0168. The monoisotopic (exact) mass is 472 g/mol. The molecule has 2 atom stereocenters. The van der Waals surface area contributed by atoms with Crippen LogP contribution in [-0.4, -0.2) is 63.6 Å². The Morgan fingerprint density at radius 1 is 1.28 bits per heavy atom. The van der Waals surface area contributed by atoms with Crippen LogP contribution >= 0.6 is 11.3 Å². The molecule has 32 heavy (non-hydrogen) atoms. The molecule has 8 nitrogen and oxygen atoms in total. The lowest BCUT2D eigenvalue weighted by atomic mass is 10.1. The first-order valence-corrected chi connectivity index (χ1v) is 13.1. The molecule has 3 N–H and O–H groups in total. The van der Waals surface area contributed by atoms with Crippen LogP contribution in [0.15, 0.2) is 39.2 Å². The number of thiazole rings is 1. The number of carbonyl (C=O) groups excluding carboxylic acids is 1. The molecule has 4 rings (SSSR count). The molecule has 1 saturated heterocycles. The van der Waals surface area contributed by atoms with Crippen molar-refractivity contribution < 1.29 is 9.00 Å². The molecule has 10 heteroatoms. The number of guanidine groups is 1. The molecule has 1 aromatic rings. The van der Waals surface area contributed by atoms with Crippen molar-refractivity contribution in [3.8, 4) is 0 Å². The molecule has 3 heterocycles. The number of nitrogens with one attached hydrogen (secondary N) is 1. The highest BCUT2D eigenvalue weighted by Crippen LogP contribution is 2.24. The van der Waals surface area contributed by atoms with Crippen LogP contribution in [0.3, 0.4) is 0 Å². The first-order chi connectivity index (χ1) is 15.5. The van der Waals surface area contributed by atoms with Gasteiger partial charge in [-0.15, -0.1) is 11.3 Å². The van der Waals surface area contributed by atoms with Crippen molar-refractivity contribution in [1.29, 1.82) is 0 Å². The first kappa shape index (κ1) is 22.8. The normalized spacial score (nSPS) is 23.7. The van der Waals surface area contributed by atoms with Crippen molar-refractivity contribution in [2.24, 2.45) is 15.7 Å². The van der Waals surface area contributed by atoms with Crippen molar-refractivity contribution >= 4 is 46.3 Å². The highest BCUT2D eigenvalue weighted by molar-refractivity contribution is 7.88. The molecule has 1 unspecified atom stereocenters. The third-order valence-electron chi connectivity index (χ3n) is 5.52. The van der Waals surface area contributed by atoms with E-state index in [1.807, 2.05) is 35.3 Å². The largest absolute Gasteiger partial charge is 0.348 e. The van der Waals surface area contributed by atoms with Crippen LogP contribution < -0.4 is 11.1 Å². The van der Waals surface area contributed by atoms with Crippen molar-refractivity contribution in [3.63, 3.8) is 0 Å². The lowest BCUT2D eigenvalue weighted by molar-refractivity contribution is 0.0714. The van der Waals surface area contributed by atoms with Gasteiger partial charge in [-0.25, -0.2) is 15.0 Å². The zero-order valence-corrected chi connectivity index (χ0v) is 19.7. The predicted molar refractivity (Wildman–Crippen MR) is 131 cm³/mol. The third kappa shape index (κ3) is 5.67.